The SMILES string of the molecule is Cc1ccc(O)c(NC(=O)[C@H](N)Cc2ccccc2)c1. The lowest BCUT2D eigenvalue weighted by Gasteiger charge is -2.13. The van der Waals surface area contributed by atoms with Crippen molar-refractivity contribution in [2.45, 2.75) is 19.4 Å². The zero-order valence-corrected chi connectivity index (χ0v) is 11.3. The van der Waals surface area contributed by atoms with E-state index >= 15 is 0 Å². The molecule has 0 aliphatic heterocycles. The van der Waals surface area contributed by atoms with Crippen molar-refractivity contribution in [2.75, 3.05) is 5.32 Å². The molecule has 4 N–H and O–H groups in total. The van der Waals surface area contributed by atoms with Crippen LogP contribution in [0, 0.1) is 6.92 Å². The number of phenols is 1. The van der Waals surface area contributed by atoms with Gasteiger partial charge in [0.15, 0.2) is 0 Å². The van der Waals surface area contributed by atoms with Crippen molar-refractivity contribution < 1.29 is 9.90 Å². The van der Waals surface area contributed by atoms with Crippen molar-refractivity contribution in [1.29, 1.82) is 0 Å². The number of nitrogens with one attached hydrogen (secondary N) is 1. The van der Waals surface area contributed by atoms with Crippen LogP contribution in [0.15, 0.2) is 48.5 Å². The first-order valence-corrected chi connectivity index (χ1v) is 6.46. The summed E-state index contributed by atoms with van der Waals surface area (Å²) in [5, 5.41) is 12.4. The third kappa shape index (κ3) is 3.59. The minimum Gasteiger partial charge on any atom is -0.506 e. The van der Waals surface area contributed by atoms with Crippen LogP contribution in [0.4, 0.5) is 5.69 Å². The van der Waals surface area contributed by atoms with Gasteiger partial charge in [-0.25, -0.2) is 0 Å². The summed E-state index contributed by atoms with van der Waals surface area (Å²) in [5.74, 6) is -0.273. The molecule has 0 heterocycles. The van der Waals surface area contributed by atoms with Crippen LogP contribution in [0.3, 0.4) is 0 Å². The maximum atomic E-state index is 12.0. The number of hydrogen-bond donors (Lipinski definition) is 3. The molecule has 0 saturated carbocycles. The van der Waals surface area contributed by atoms with Crippen LogP contribution in [-0.4, -0.2) is 17.1 Å². The summed E-state index contributed by atoms with van der Waals surface area (Å²) in [6.07, 6.45) is 0.458. The van der Waals surface area contributed by atoms with E-state index in [0.29, 0.717) is 12.1 Å². The number of aromatic hydroxyl groups is 1. The molecule has 1 atom stereocenters. The Hall–Kier alpha value is -2.33. The summed E-state index contributed by atoms with van der Waals surface area (Å²) in [5.41, 5.74) is 8.24. The fourth-order valence-electron chi connectivity index (χ4n) is 1.94. The Kier molecular flexibility index (Phi) is 4.38. The summed E-state index contributed by atoms with van der Waals surface area (Å²) >= 11 is 0. The second-order valence-corrected chi connectivity index (χ2v) is 4.81. The third-order valence-corrected chi connectivity index (χ3v) is 3.05. The monoisotopic (exact) mass is 270 g/mol. The third-order valence-electron chi connectivity index (χ3n) is 3.05. The van der Waals surface area contributed by atoms with Crippen molar-refractivity contribution in [3.8, 4) is 5.75 Å². The Morgan fingerprint density at radius 1 is 1.25 bits per heavy atom. The highest BCUT2D eigenvalue weighted by molar-refractivity contribution is 5.96. The smallest absolute Gasteiger partial charge is 0.241 e. The molecule has 20 heavy (non-hydrogen) atoms. The molecule has 0 bridgehead atoms. The first kappa shape index (κ1) is 14.1. The van der Waals surface area contributed by atoms with E-state index in [1.807, 2.05) is 37.3 Å². The highest BCUT2D eigenvalue weighted by Gasteiger charge is 2.15. The van der Waals surface area contributed by atoms with Gasteiger partial charge in [-0.2, -0.15) is 0 Å². The number of rotatable bonds is 4. The van der Waals surface area contributed by atoms with Crippen LogP contribution in [0.1, 0.15) is 11.1 Å². The average Bonchev–Trinajstić information content (AvgIpc) is 2.44. The van der Waals surface area contributed by atoms with Gasteiger partial charge in [0.2, 0.25) is 5.91 Å². The summed E-state index contributed by atoms with van der Waals surface area (Å²) < 4.78 is 0. The van der Waals surface area contributed by atoms with Crippen LogP contribution in [-0.2, 0) is 11.2 Å². The fourth-order valence-corrected chi connectivity index (χ4v) is 1.94. The molecular formula is C16H18N2O2. The van der Waals surface area contributed by atoms with Gasteiger partial charge in [0.1, 0.15) is 5.75 Å². The summed E-state index contributed by atoms with van der Waals surface area (Å²) in [4.78, 5) is 12.0. The van der Waals surface area contributed by atoms with Crippen molar-refractivity contribution in [3.63, 3.8) is 0 Å². The number of phenolic OH excluding ortho intramolecular Hbond substituents is 1. The van der Waals surface area contributed by atoms with Gasteiger partial charge in [-0.05, 0) is 36.6 Å². The minimum atomic E-state index is -0.655. The van der Waals surface area contributed by atoms with Crippen LogP contribution < -0.4 is 11.1 Å². The molecule has 2 aromatic carbocycles. The van der Waals surface area contributed by atoms with Crippen molar-refractivity contribution in [3.05, 3.63) is 59.7 Å². The summed E-state index contributed by atoms with van der Waals surface area (Å²) in [7, 11) is 0. The van der Waals surface area contributed by atoms with E-state index in [0.717, 1.165) is 11.1 Å². The summed E-state index contributed by atoms with van der Waals surface area (Å²) in [6, 6.07) is 14.0. The summed E-state index contributed by atoms with van der Waals surface area (Å²) in [6.45, 7) is 1.89. The average molecular weight is 270 g/mol. The molecule has 104 valence electrons. The van der Waals surface area contributed by atoms with Crippen molar-refractivity contribution in [2.24, 2.45) is 5.73 Å². The number of nitrogens with two attached hydrogens (primary N) is 1. The van der Waals surface area contributed by atoms with Gasteiger partial charge in [-0.3, -0.25) is 4.79 Å². The van der Waals surface area contributed by atoms with Crippen LogP contribution in [0.25, 0.3) is 0 Å². The van der Waals surface area contributed by atoms with E-state index in [2.05, 4.69) is 5.32 Å². The van der Waals surface area contributed by atoms with Gasteiger partial charge in [-0.15, -0.1) is 0 Å². The number of anilines is 1. The Labute approximate surface area is 118 Å². The Morgan fingerprint density at radius 3 is 2.65 bits per heavy atom. The molecule has 4 nitrogen and oxygen atoms in total. The van der Waals surface area contributed by atoms with E-state index in [4.69, 9.17) is 5.73 Å². The first-order valence-electron chi connectivity index (χ1n) is 6.46. The Bertz CT molecular complexity index is 597. The number of benzene rings is 2. The lowest BCUT2D eigenvalue weighted by Crippen LogP contribution is -2.37. The highest BCUT2D eigenvalue weighted by atomic mass is 16.3. The normalized spacial score (nSPS) is 11.9. The Balaban J connectivity index is 2.02. The fraction of sp³-hybridized carbons (Fsp3) is 0.188. The second kappa shape index (κ2) is 6.21. The largest absolute Gasteiger partial charge is 0.506 e. The topological polar surface area (TPSA) is 75.3 Å². The molecule has 4 heteroatoms. The van der Waals surface area contributed by atoms with Crippen LogP contribution >= 0.6 is 0 Å². The predicted octanol–water partition coefficient (Wildman–Crippen LogP) is 2.21. The van der Waals surface area contributed by atoms with E-state index in [1.54, 1.807) is 18.2 Å². The second-order valence-electron chi connectivity index (χ2n) is 4.81. The number of carbonyl (C=O) groups is 1. The van der Waals surface area contributed by atoms with E-state index in [-0.39, 0.29) is 11.7 Å². The lowest BCUT2D eigenvalue weighted by atomic mass is 10.1. The minimum absolute atomic E-state index is 0.0378. The maximum absolute atomic E-state index is 12.0. The van der Waals surface area contributed by atoms with Crippen molar-refractivity contribution >= 4 is 11.6 Å². The molecule has 0 saturated heterocycles. The number of carbonyl (C=O) groups excluding carboxylic acids is 1. The number of amides is 1. The van der Waals surface area contributed by atoms with Gasteiger partial charge >= 0.3 is 0 Å². The molecule has 2 aromatic rings. The molecule has 0 spiro atoms. The molecule has 0 radical (unpaired) electrons. The molecule has 0 aliphatic rings. The van der Waals surface area contributed by atoms with Crippen molar-refractivity contribution in [1.82, 2.24) is 0 Å². The molecule has 0 fully saturated rings. The molecule has 2 rings (SSSR count). The lowest BCUT2D eigenvalue weighted by molar-refractivity contribution is -0.117. The van der Waals surface area contributed by atoms with E-state index < -0.39 is 6.04 Å². The zero-order valence-electron chi connectivity index (χ0n) is 11.3. The number of aryl methyl sites for hydroxylation is 1. The predicted molar refractivity (Wildman–Crippen MR) is 79.6 cm³/mol. The van der Waals surface area contributed by atoms with Gasteiger partial charge in [0.25, 0.3) is 0 Å². The molecule has 0 unspecified atom stereocenters. The molecule has 0 aliphatic carbocycles. The van der Waals surface area contributed by atoms with Gasteiger partial charge in [0, 0.05) is 0 Å². The zero-order chi connectivity index (χ0) is 14.5. The molecule has 1 amide bonds. The molecular weight excluding hydrogens is 252 g/mol. The molecule has 0 aromatic heterocycles. The van der Waals surface area contributed by atoms with Crippen LogP contribution in [0.2, 0.25) is 0 Å². The van der Waals surface area contributed by atoms with Gasteiger partial charge in [-0.1, -0.05) is 36.4 Å². The first-order chi connectivity index (χ1) is 9.56. The standard InChI is InChI=1S/C16H18N2O2/c1-11-7-8-15(19)14(9-11)18-16(20)13(17)10-12-5-3-2-4-6-12/h2-9,13,19H,10,17H2,1H3,(H,18,20)/t13-/m1/s1. The quantitative estimate of drug-likeness (QED) is 0.746. The van der Waals surface area contributed by atoms with E-state index in [1.165, 1.54) is 0 Å². The van der Waals surface area contributed by atoms with Gasteiger partial charge in [0.05, 0.1) is 11.7 Å². The van der Waals surface area contributed by atoms with Crippen LogP contribution in [0.5, 0.6) is 5.75 Å². The Morgan fingerprint density at radius 2 is 1.95 bits per heavy atom. The highest BCUT2D eigenvalue weighted by Crippen LogP contribution is 2.23. The van der Waals surface area contributed by atoms with E-state index in [9.17, 15) is 9.90 Å². The maximum Gasteiger partial charge on any atom is 0.241 e. The number of hydrogen-bond acceptors (Lipinski definition) is 3. The van der Waals surface area contributed by atoms with Gasteiger partial charge < -0.3 is 16.2 Å².